The molecule has 9 nitrogen and oxygen atoms in total. The lowest BCUT2D eigenvalue weighted by atomic mass is 10.1. The zero-order valence-corrected chi connectivity index (χ0v) is 15.7. The Labute approximate surface area is 153 Å². The number of sulfone groups is 1. The minimum atomic E-state index is -3.09. The summed E-state index contributed by atoms with van der Waals surface area (Å²) in [7, 11) is -3.09. The van der Waals surface area contributed by atoms with Crippen molar-refractivity contribution in [2.24, 2.45) is 0 Å². The van der Waals surface area contributed by atoms with Crippen LogP contribution >= 0.6 is 0 Å². The Kier molecular flexibility index (Phi) is 4.39. The molecule has 0 aliphatic carbocycles. The van der Waals surface area contributed by atoms with Crippen LogP contribution in [0.25, 0.3) is 0 Å². The summed E-state index contributed by atoms with van der Waals surface area (Å²) in [5.74, 6) is 1.78. The molecular weight excluding hydrogens is 354 g/mol. The van der Waals surface area contributed by atoms with Gasteiger partial charge in [0, 0.05) is 37.6 Å². The van der Waals surface area contributed by atoms with E-state index < -0.39 is 9.84 Å². The first kappa shape index (κ1) is 17.3. The van der Waals surface area contributed by atoms with Crippen LogP contribution in [0.3, 0.4) is 0 Å². The molecule has 0 radical (unpaired) electrons. The summed E-state index contributed by atoms with van der Waals surface area (Å²) in [6, 6.07) is 1.81. The first-order valence-electron chi connectivity index (χ1n) is 8.81. The molecule has 0 amide bonds. The summed E-state index contributed by atoms with van der Waals surface area (Å²) in [4.78, 5) is 12.9. The lowest BCUT2D eigenvalue weighted by molar-refractivity contribution is 0.152. The Hall–Kier alpha value is -2.07. The topological polar surface area (TPSA) is 97.1 Å². The summed E-state index contributed by atoms with van der Waals surface area (Å²) in [6.45, 7) is 6.19. The van der Waals surface area contributed by atoms with E-state index >= 15 is 0 Å². The second kappa shape index (κ2) is 6.58. The van der Waals surface area contributed by atoms with Crippen LogP contribution in [0.5, 0.6) is 0 Å². The van der Waals surface area contributed by atoms with E-state index in [1.807, 2.05) is 9.47 Å². The van der Waals surface area contributed by atoms with Gasteiger partial charge in [-0.05, 0) is 19.9 Å². The first-order chi connectivity index (χ1) is 12.4. The van der Waals surface area contributed by atoms with Crippen molar-refractivity contribution in [1.29, 1.82) is 0 Å². The van der Waals surface area contributed by atoms with Crippen LogP contribution in [-0.2, 0) is 16.4 Å². The number of hydrogen-bond donors (Lipinski definition) is 0. The molecule has 10 heteroatoms. The van der Waals surface area contributed by atoms with Crippen molar-refractivity contribution in [3.63, 3.8) is 0 Å². The molecule has 0 N–H and O–H groups in total. The zero-order valence-electron chi connectivity index (χ0n) is 14.9. The van der Waals surface area contributed by atoms with Crippen molar-refractivity contribution in [3.8, 4) is 0 Å². The van der Waals surface area contributed by atoms with Crippen LogP contribution in [0.1, 0.15) is 25.7 Å². The molecule has 0 spiro atoms. The average molecular weight is 377 g/mol. The van der Waals surface area contributed by atoms with Gasteiger partial charge >= 0.3 is 0 Å². The van der Waals surface area contributed by atoms with Crippen LogP contribution in [-0.4, -0.2) is 74.7 Å². The number of nitrogens with zero attached hydrogens (tertiary/aromatic N) is 7. The van der Waals surface area contributed by atoms with Crippen LogP contribution in [0.15, 0.2) is 24.8 Å². The molecule has 2 aromatic heterocycles. The molecule has 2 aliphatic heterocycles. The van der Waals surface area contributed by atoms with Crippen molar-refractivity contribution in [2.75, 3.05) is 29.5 Å². The maximum Gasteiger partial charge on any atom is 0.225 e. The summed E-state index contributed by atoms with van der Waals surface area (Å²) in [6.07, 6.45) is 5.12. The monoisotopic (exact) mass is 377 g/mol. The van der Waals surface area contributed by atoms with Crippen molar-refractivity contribution in [3.05, 3.63) is 30.6 Å². The van der Waals surface area contributed by atoms with Gasteiger partial charge < -0.3 is 9.47 Å². The fourth-order valence-electron chi connectivity index (χ4n) is 3.90. The van der Waals surface area contributed by atoms with Gasteiger partial charge in [0.1, 0.15) is 12.2 Å². The molecule has 2 aromatic rings. The molecule has 2 fully saturated rings. The van der Waals surface area contributed by atoms with Gasteiger partial charge in [-0.3, -0.25) is 4.90 Å². The standard InChI is InChI=1S/C16H23N7O2S/c1-12(2)23-11-19-20-15(23)8-21-6-7-22(16-17-4-3-5-18-16)14-10-26(24,25)9-13(14)21/h3-5,11-14H,6-10H2,1-2H3/t13-,14+/m0/s1. The van der Waals surface area contributed by atoms with Gasteiger partial charge in [0.05, 0.1) is 24.1 Å². The predicted octanol–water partition coefficient (Wildman–Crippen LogP) is 0.137. The maximum atomic E-state index is 12.4. The third kappa shape index (κ3) is 3.18. The van der Waals surface area contributed by atoms with Gasteiger partial charge in [-0.25, -0.2) is 18.4 Å². The lowest BCUT2D eigenvalue weighted by Crippen LogP contribution is -2.59. The summed E-state index contributed by atoms with van der Waals surface area (Å²) < 4.78 is 26.8. The average Bonchev–Trinajstić information content (AvgIpc) is 3.19. The molecule has 4 heterocycles. The quantitative estimate of drug-likeness (QED) is 0.742. The van der Waals surface area contributed by atoms with E-state index in [0.717, 1.165) is 12.4 Å². The molecule has 26 heavy (non-hydrogen) atoms. The fraction of sp³-hybridized carbons (Fsp3) is 0.625. The smallest absolute Gasteiger partial charge is 0.225 e. The largest absolute Gasteiger partial charge is 0.334 e. The highest BCUT2D eigenvalue weighted by atomic mass is 32.2. The van der Waals surface area contributed by atoms with Crippen molar-refractivity contribution >= 4 is 15.8 Å². The van der Waals surface area contributed by atoms with Gasteiger partial charge in [-0.1, -0.05) is 0 Å². The highest BCUT2D eigenvalue weighted by Gasteiger charge is 2.47. The Morgan fingerprint density at radius 2 is 1.88 bits per heavy atom. The second-order valence-corrected chi connectivity index (χ2v) is 9.33. The maximum absolute atomic E-state index is 12.4. The number of anilines is 1. The molecule has 0 bridgehead atoms. The molecule has 2 atom stereocenters. The third-order valence-electron chi connectivity index (χ3n) is 5.15. The third-order valence-corrected chi connectivity index (χ3v) is 6.85. The second-order valence-electron chi connectivity index (χ2n) is 7.17. The lowest BCUT2D eigenvalue weighted by Gasteiger charge is -2.43. The Morgan fingerprint density at radius 1 is 1.15 bits per heavy atom. The van der Waals surface area contributed by atoms with Crippen molar-refractivity contribution in [2.45, 2.75) is 38.5 Å². The van der Waals surface area contributed by atoms with Crippen molar-refractivity contribution < 1.29 is 8.42 Å². The van der Waals surface area contributed by atoms with E-state index in [2.05, 4.69) is 38.9 Å². The minimum absolute atomic E-state index is 0.0881. The summed E-state index contributed by atoms with van der Waals surface area (Å²) >= 11 is 0. The molecule has 4 rings (SSSR count). The number of rotatable bonds is 4. The Balaban J connectivity index is 1.60. The number of hydrogen-bond acceptors (Lipinski definition) is 8. The number of fused-ring (bicyclic) bond motifs is 1. The van der Waals surface area contributed by atoms with E-state index in [-0.39, 0.29) is 29.6 Å². The van der Waals surface area contributed by atoms with Crippen LogP contribution in [0.2, 0.25) is 0 Å². The summed E-state index contributed by atoms with van der Waals surface area (Å²) in [5.41, 5.74) is 0. The van der Waals surface area contributed by atoms with E-state index in [9.17, 15) is 8.42 Å². The molecular formula is C16H23N7O2S. The van der Waals surface area contributed by atoms with E-state index in [1.54, 1.807) is 24.8 Å². The van der Waals surface area contributed by atoms with E-state index in [1.165, 1.54) is 0 Å². The highest BCUT2D eigenvalue weighted by Crippen LogP contribution is 2.30. The first-order valence-corrected chi connectivity index (χ1v) is 10.6. The predicted molar refractivity (Wildman–Crippen MR) is 96.4 cm³/mol. The minimum Gasteiger partial charge on any atom is -0.334 e. The Bertz CT molecular complexity index is 868. The number of aromatic nitrogens is 5. The van der Waals surface area contributed by atoms with Crippen LogP contribution < -0.4 is 4.90 Å². The zero-order chi connectivity index (χ0) is 18.3. The number of piperazine rings is 1. The normalized spacial score (nSPS) is 25.6. The molecule has 140 valence electrons. The van der Waals surface area contributed by atoms with Crippen LogP contribution in [0, 0.1) is 0 Å². The molecule has 2 saturated heterocycles. The van der Waals surface area contributed by atoms with E-state index in [4.69, 9.17) is 0 Å². The molecule has 2 aliphatic rings. The van der Waals surface area contributed by atoms with Gasteiger partial charge in [-0.2, -0.15) is 0 Å². The molecule has 0 aromatic carbocycles. The molecule has 0 unspecified atom stereocenters. The highest BCUT2D eigenvalue weighted by molar-refractivity contribution is 7.91. The van der Waals surface area contributed by atoms with Crippen LogP contribution in [0.4, 0.5) is 5.95 Å². The van der Waals surface area contributed by atoms with Crippen molar-refractivity contribution in [1.82, 2.24) is 29.6 Å². The van der Waals surface area contributed by atoms with Gasteiger partial charge in [0.25, 0.3) is 0 Å². The Morgan fingerprint density at radius 3 is 2.62 bits per heavy atom. The summed E-state index contributed by atoms with van der Waals surface area (Å²) in [5, 5.41) is 8.27. The SMILES string of the molecule is CC(C)n1cnnc1CN1CCN(c2ncccn2)[C@@H]2CS(=O)(=O)C[C@@H]21. The van der Waals surface area contributed by atoms with Gasteiger partial charge in [0.2, 0.25) is 5.95 Å². The van der Waals surface area contributed by atoms with Gasteiger partial charge in [-0.15, -0.1) is 10.2 Å². The molecule has 0 saturated carbocycles. The van der Waals surface area contributed by atoms with Gasteiger partial charge in [0.15, 0.2) is 9.84 Å². The fourth-order valence-corrected chi connectivity index (χ4v) is 5.91. The van der Waals surface area contributed by atoms with E-state index in [0.29, 0.717) is 19.0 Å².